The second kappa shape index (κ2) is 5.73. The fraction of sp³-hybridized carbons (Fsp3) is 0.625. The van der Waals surface area contributed by atoms with E-state index in [-0.39, 0.29) is 17.2 Å². The van der Waals surface area contributed by atoms with Crippen molar-refractivity contribution in [2.75, 3.05) is 13.6 Å². The van der Waals surface area contributed by atoms with Gasteiger partial charge >= 0.3 is 0 Å². The van der Waals surface area contributed by atoms with Crippen LogP contribution in [0.15, 0.2) is 35.8 Å². The van der Waals surface area contributed by atoms with Gasteiger partial charge in [-0.05, 0) is 29.4 Å². The van der Waals surface area contributed by atoms with Crippen molar-refractivity contribution in [3.8, 4) is 0 Å². The molecular weight excluding hydrogens is 225 g/mol. The maximum Gasteiger partial charge on any atom is 0.101 e. The lowest BCUT2D eigenvalue weighted by molar-refractivity contribution is 0.242. The van der Waals surface area contributed by atoms with Gasteiger partial charge in [0.15, 0.2) is 0 Å². The first kappa shape index (κ1) is 15.0. The van der Waals surface area contributed by atoms with E-state index in [0.717, 1.165) is 24.2 Å². The van der Waals surface area contributed by atoms with Gasteiger partial charge in [-0.25, -0.2) is 4.39 Å². The Bertz CT molecular complexity index is 377. The highest BCUT2D eigenvalue weighted by atomic mass is 19.1. The maximum atomic E-state index is 13.5. The molecule has 0 aliphatic heterocycles. The Morgan fingerprint density at radius 3 is 2.67 bits per heavy atom. The maximum absolute atomic E-state index is 13.5. The van der Waals surface area contributed by atoms with Crippen LogP contribution in [0.25, 0.3) is 0 Å². The molecule has 0 bridgehead atoms. The van der Waals surface area contributed by atoms with Crippen molar-refractivity contribution in [3.63, 3.8) is 0 Å². The molecule has 1 aliphatic carbocycles. The van der Waals surface area contributed by atoms with E-state index in [4.69, 9.17) is 0 Å². The van der Waals surface area contributed by atoms with E-state index >= 15 is 0 Å². The fourth-order valence-corrected chi connectivity index (χ4v) is 2.20. The summed E-state index contributed by atoms with van der Waals surface area (Å²) >= 11 is 0. The van der Waals surface area contributed by atoms with E-state index in [1.807, 2.05) is 14.0 Å². The molecule has 2 heteroatoms. The zero-order valence-corrected chi connectivity index (χ0v) is 12.4. The van der Waals surface area contributed by atoms with Crippen molar-refractivity contribution in [1.29, 1.82) is 0 Å². The Balaban J connectivity index is 2.76. The molecule has 0 spiro atoms. The minimum Gasteiger partial charge on any atom is -0.374 e. The van der Waals surface area contributed by atoms with Gasteiger partial charge in [-0.2, -0.15) is 0 Å². The highest BCUT2D eigenvalue weighted by molar-refractivity contribution is 5.40. The number of rotatable bonds is 5. The number of hydrogen-bond acceptors (Lipinski definition) is 1. The second-order valence-corrected chi connectivity index (χ2v) is 6.22. The molecule has 0 N–H and O–H groups in total. The number of nitrogens with zero attached hydrogens (tertiary/aromatic N) is 1. The molecule has 0 aromatic rings. The van der Waals surface area contributed by atoms with Gasteiger partial charge in [-0.15, -0.1) is 0 Å². The Hall–Kier alpha value is -1.05. The monoisotopic (exact) mass is 251 g/mol. The molecule has 102 valence electrons. The van der Waals surface area contributed by atoms with Gasteiger partial charge < -0.3 is 4.90 Å². The molecule has 0 heterocycles. The van der Waals surface area contributed by atoms with Crippen molar-refractivity contribution in [2.24, 2.45) is 11.3 Å². The van der Waals surface area contributed by atoms with E-state index < -0.39 is 0 Å². The normalized spacial score (nSPS) is 20.2. The zero-order valence-electron chi connectivity index (χ0n) is 12.4. The predicted molar refractivity (Wildman–Crippen MR) is 76.9 cm³/mol. The lowest BCUT2D eigenvalue weighted by Crippen LogP contribution is -2.30. The summed E-state index contributed by atoms with van der Waals surface area (Å²) in [6.07, 6.45) is 5.36. The summed E-state index contributed by atoms with van der Waals surface area (Å²) in [6.45, 7) is 13.8. The number of halogens is 1. The molecule has 0 radical (unpaired) electrons. The SMILES string of the molecule is C=C(C1=CC(C)CC(F)=C1)N(C)CC(C)(C)CC. The highest BCUT2D eigenvalue weighted by Crippen LogP contribution is 2.29. The fourth-order valence-electron chi connectivity index (χ4n) is 2.20. The summed E-state index contributed by atoms with van der Waals surface area (Å²) in [5.41, 5.74) is 2.10. The minimum atomic E-state index is -0.0377. The van der Waals surface area contributed by atoms with Crippen LogP contribution in [0.3, 0.4) is 0 Å². The van der Waals surface area contributed by atoms with Crippen LogP contribution in [0, 0.1) is 11.3 Å². The Morgan fingerprint density at radius 2 is 2.17 bits per heavy atom. The van der Waals surface area contributed by atoms with Gasteiger partial charge in [0, 0.05) is 25.7 Å². The summed E-state index contributed by atoms with van der Waals surface area (Å²) in [5, 5.41) is 0. The van der Waals surface area contributed by atoms with E-state index in [1.54, 1.807) is 6.08 Å². The molecule has 0 aromatic carbocycles. The number of hydrogen-bond donors (Lipinski definition) is 0. The lowest BCUT2D eigenvalue weighted by atomic mass is 9.89. The van der Waals surface area contributed by atoms with Crippen LogP contribution < -0.4 is 0 Å². The number of allylic oxidation sites excluding steroid dienone is 3. The Labute approximate surface area is 111 Å². The Morgan fingerprint density at radius 1 is 1.56 bits per heavy atom. The summed E-state index contributed by atoms with van der Waals surface area (Å²) in [6, 6.07) is 0. The van der Waals surface area contributed by atoms with Crippen molar-refractivity contribution >= 4 is 0 Å². The van der Waals surface area contributed by atoms with Crippen molar-refractivity contribution in [1.82, 2.24) is 4.90 Å². The molecule has 1 rings (SSSR count). The minimum absolute atomic E-state index is 0.0377. The van der Waals surface area contributed by atoms with Gasteiger partial charge in [0.05, 0.1) is 0 Å². The van der Waals surface area contributed by atoms with E-state index in [0.29, 0.717) is 6.42 Å². The third-order valence-corrected chi connectivity index (χ3v) is 3.71. The first-order valence-electron chi connectivity index (χ1n) is 6.73. The topological polar surface area (TPSA) is 3.24 Å². The van der Waals surface area contributed by atoms with Gasteiger partial charge in [0.2, 0.25) is 0 Å². The summed E-state index contributed by atoms with van der Waals surface area (Å²) in [4.78, 5) is 2.14. The smallest absolute Gasteiger partial charge is 0.101 e. The van der Waals surface area contributed by atoms with Crippen molar-refractivity contribution in [2.45, 2.75) is 40.5 Å². The van der Waals surface area contributed by atoms with E-state index in [2.05, 4.69) is 38.3 Å². The molecule has 1 atom stereocenters. The molecule has 1 unspecified atom stereocenters. The average Bonchev–Trinajstić information content (AvgIpc) is 2.26. The van der Waals surface area contributed by atoms with Crippen LogP contribution in [0.5, 0.6) is 0 Å². The predicted octanol–water partition coefficient (Wildman–Crippen LogP) is 4.69. The zero-order chi connectivity index (χ0) is 13.9. The number of likely N-dealkylation sites (N-methyl/N-ethyl adjacent to an activating group) is 1. The molecule has 1 nitrogen and oxygen atoms in total. The van der Waals surface area contributed by atoms with Gasteiger partial charge in [-0.3, -0.25) is 0 Å². The van der Waals surface area contributed by atoms with Gasteiger partial charge in [-0.1, -0.05) is 40.3 Å². The van der Waals surface area contributed by atoms with Gasteiger partial charge in [0.25, 0.3) is 0 Å². The molecule has 18 heavy (non-hydrogen) atoms. The van der Waals surface area contributed by atoms with Crippen LogP contribution in [0.4, 0.5) is 4.39 Å². The summed E-state index contributed by atoms with van der Waals surface area (Å²) in [7, 11) is 2.03. The summed E-state index contributed by atoms with van der Waals surface area (Å²) < 4.78 is 13.5. The third-order valence-electron chi connectivity index (χ3n) is 3.71. The van der Waals surface area contributed by atoms with Crippen LogP contribution >= 0.6 is 0 Å². The molecular formula is C16H26FN. The molecule has 0 fully saturated rings. The standard InChI is InChI=1S/C16H26FN/c1-7-16(4,5)11-18(6)13(3)14-8-12(2)9-15(17)10-14/h8,10,12H,3,7,9,11H2,1-2,4-6H3. The molecule has 0 aromatic heterocycles. The van der Waals surface area contributed by atoms with Crippen LogP contribution in [-0.4, -0.2) is 18.5 Å². The van der Waals surface area contributed by atoms with Crippen LogP contribution in [0.1, 0.15) is 40.5 Å². The van der Waals surface area contributed by atoms with Crippen LogP contribution in [0.2, 0.25) is 0 Å². The molecule has 1 aliphatic rings. The largest absolute Gasteiger partial charge is 0.374 e. The van der Waals surface area contributed by atoms with Gasteiger partial charge in [0.1, 0.15) is 5.83 Å². The average molecular weight is 251 g/mol. The second-order valence-electron chi connectivity index (χ2n) is 6.22. The van der Waals surface area contributed by atoms with Crippen molar-refractivity contribution < 1.29 is 4.39 Å². The van der Waals surface area contributed by atoms with E-state index in [9.17, 15) is 4.39 Å². The first-order valence-corrected chi connectivity index (χ1v) is 6.73. The quantitative estimate of drug-likeness (QED) is 0.685. The molecule has 0 saturated carbocycles. The first-order chi connectivity index (χ1) is 8.25. The highest BCUT2D eigenvalue weighted by Gasteiger charge is 2.21. The summed E-state index contributed by atoms with van der Waals surface area (Å²) in [5.74, 6) is 0.221. The van der Waals surface area contributed by atoms with E-state index in [1.165, 1.54) is 0 Å². The third kappa shape index (κ3) is 4.01. The van der Waals surface area contributed by atoms with Crippen molar-refractivity contribution in [3.05, 3.63) is 35.8 Å². The Kier molecular flexibility index (Phi) is 4.78. The lowest BCUT2D eigenvalue weighted by Gasteiger charge is -2.33. The molecule has 0 amide bonds. The molecule has 0 saturated heterocycles. The van der Waals surface area contributed by atoms with Crippen LogP contribution in [-0.2, 0) is 0 Å².